The van der Waals surface area contributed by atoms with E-state index in [0.29, 0.717) is 24.4 Å². The standard InChI is InChI=1S/C31H35N3O4/c1-22(33-28-20-27(37-3)18-23-13-8-16-32-30(23)28)10-9-17-34(21-25-11-5-6-15-29(25)38-4)31(35)24-12-7-14-26(19-24)36-2/h5-8,11-16,18-20,22,33H,9-10,17,21H2,1-4H3. The molecule has 1 N–H and O–H groups in total. The summed E-state index contributed by atoms with van der Waals surface area (Å²) in [4.78, 5) is 20.0. The number of benzene rings is 3. The molecule has 0 aliphatic heterocycles. The van der Waals surface area contributed by atoms with Gasteiger partial charge >= 0.3 is 0 Å². The van der Waals surface area contributed by atoms with Crippen LogP contribution in [0, 0.1) is 0 Å². The maximum Gasteiger partial charge on any atom is 0.254 e. The van der Waals surface area contributed by atoms with Crippen molar-refractivity contribution in [2.75, 3.05) is 33.2 Å². The minimum atomic E-state index is -0.0431. The Morgan fingerprint density at radius 3 is 2.53 bits per heavy atom. The molecule has 1 aromatic heterocycles. The van der Waals surface area contributed by atoms with Crippen LogP contribution in [0.15, 0.2) is 79.0 Å². The number of amides is 1. The van der Waals surface area contributed by atoms with Gasteiger partial charge in [-0.05, 0) is 56.2 Å². The molecule has 4 rings (SSSR count). The first kappa shape index (κ1) is 26.8. The van der Waals surface area contributed by atoms with E-state index in [1.54, 1.807) is 33.6 Å². The fourth-order valence-electron chi connectivity index (χ4n) is 4.55. The second-order valence-electron chi connectivity index (χ2n) is 9.21. The first-order valence-electron chi connectivity index (χ1n) is 12.8. The largest absolute Gasteiger partial charge is 0.497 e. The number of hydrogen-bond donors (Lipinski definition) is 1. The SMILES string of the molecule is COc1cccc(C(=O)N(CCCC(C)Nc2cc(OC)cc3cccnc23)Cc2ccccc2OC)c1. The van der Waals surface area contributed by atoms with Crippen LogP contribution in [-0.4, -0.2) is 49.7 Å². The number of anilines is 1. The third-order valence-corrected chi connectivity index (χ3v) is 6.54. The first-order chi connectivity index (χ1) is 18.5. The molecule has 1 heterocycles. The molecule has 4 aromatic rings. The van der Waals surface area contributed by atoms with E-state index in [-0.39, 0.29) is 11.9 Å². The van der Waals surface area contributed by atoms with Crippen LogP contribution in [0.2, 0.25) is 0 Å². The third kappa shape index (κ3) is 6.54. The predicted octanol–water partition coefficient (Wildman–Crippen LogP) is 6.18. The summed E-state index contributed by atoms with van der Waals surface area (Å²) in [5.41, 5.74) is 3.41. The lowest BCUT2D eigenvalue weighted by Gasteiger charge is -2.25. The summed E-state index contributed by atoms with van der Waals surface area (Å²) in [7, 11) is 4.92. The monoisotopic (exact) mass is 513 g/mol. The van der Waals surface area contributed by atoms with Gasteiger partial charge in [-0.1, -0.05) is 30.3 Å². The zero-order valence-corrected chi connectivity index (χ0v) is 22.4. The van der Waals surface area contributed by atoms with E-state index >= 15 is 0 Å². The highest BCUT2D eigenvalue weighted by Crippen LogP contribution is 2.29. The Labute approximate surface area is 224 Å². The lowest BCUT2D eigenvalue weighted by molar-refractivity contribution is 0.0738. The van der Waals surface area contributed by atoms with Crippen molar-refractivity contribution in [3.63, 3.8) is 0 Å². The van der Waals surface area contributed by atoms with E-state index in [1.165, 1.54) is 0 Å². The number of fused-ring (bicyclic) bond motifs is 1. The van der Waals surface area contributed by atoms with Gasteiger partial charge in [-0.15, -0.1) is 0 Å². The van der Waals surface area contributed by atoms with Gasteiger partial charge in [-0.3, -0.25) is 9.78 Å². The summed E-state index contributed by atoms with van der Waals surface area (Å²) in [5.74, 6) is 2.17. The Morgan fingerprint density at radius 1 is 0.921 bits per heavy atom. The maximum atomic E-state index is 13.6. The predicted molar refractivity (Wildman–Crippen MR) is 151 cm³/mol. The van der Waals surface area contributed by atoms with Gasteiger partial charge in [0.25, 0.3) is 5.91 Å². The number of hydrogen-bond acceptors (Lipinski definition) is 6. The van der Waals surface area contributed by atoms with E-state index in [9.17, 15) is 4.79 Å². The number of ether oxygens (including phenoxy) is 3. The molecule has 1 unspecified atom stereocenters. The second-order valence-corrected chi connectivity index (χ2v) is 9.21. The Kier molecular flexibility index (Phi) is 9.03. The molecule has 1 atom stereocenters. The number of nitrogens with zero attached hydrogens (tertiary/aromatic N) is 2. The molecule has 0 spiro atoms. The Balaban J connectivity index is 1.48. The summed E-state index contributed by atoms with van der Waals surface area (Å²) in [5, 5.41) is 4.62. The average molecular weight is 514 g/mol. The Hall–Kier alpha value is -4.26. The molecule has 0 bridgehead atoms. The zero-order chi connectivity index (χ0) is 26.9. The van der Waals surface area contributed by atoms with Crippen LogP contribution in [0.25, 0.3) is 10.9 Å². The van der Waals surface area contributed by atoms with E-state index in [4.69, 9.17) is 14.2 Å². The van der Waals surface area contributed by atoms with Crippen LogP contribution in [0.1, 0.15) is 35.7 Å². The molecule has 0 saturated heterocycles. The van der Waals surface area contributed by atoms with Gasteiger partial charge in [0, 0.05) is 47.9 Å². The highest BCUT2D eigenvalue weighted by molar-refractivity contribution is 5.94. The number of rotatable bonds is 12. The molecule has 0 aliphatic carbocycles. The van der Waals surface area contributed by atoms with E-state index in [0.717, 1.165) is 46.5 Å². The van der Waals surface area contributed by atoms with Gasteiger partial charge < -0.3 is 24.4 Å². The molecule has 3 aromatic carbocycles. The number of pyridine rings is 1. The van der Waals surface area contributed by atoms with E-state index in [2.05, 4.69) is 17.2 Å². The van der Waals surface area contributed by atoms with Gasteiger partial charge in [0.15, 0.2) is 0 Å². The van der Waals surface area contributed by atoms with Crippen LogP contribution >= 0.6 is 0 Å². The van der Waals surface area contributed by atoms with E-state index in [1.807, 2.05) is 71.6 Å². The summed E-state index contributed by atoms with van der Waals surface area (Å²) in [6.07, 6.45) is 3.47. The summed E-state index contributed by atoms with van der Waals surface area (Å²) < 4.78 is 16.4. The summed E-state index contributed by atoms with van der Waals surface area (Å²) >= 11 is 0. The third-order valence-electron chi connectivity index (χ3n) is 6.54. The number of nitrogens with one attached hydrogen (secondary N) is 1. The van der Waals surface area contributed by atoms with Crippen molar-refractivity contribution in [1.82, 2.24) is 9.88 Å². The minimum absolute atomic E-state index is 0.0431. The molecular formula is C31H35N3O4. The molecule has 38 heavy (non-hydrogen) atoms. The van der Waals surface area contributed by atoms with Crippen molar-refractivity contribution in [3.8, 4) is 17.2 Å². The van der Waals surface area contributed by atoms with Crippen molar-refractivity contribution in [2.45, 2.75) is 32.4 Å². The van der Waals surface area contributed by atoms with Crippen molar-refractivity contribution in [2.24, 2.45) is 0 Å². The number of carbonyl (C=O) groups excluding carboxylic acids is 1. The molecule has 0 fully saturated rings. The Bertz CT molecular complexity index is 1370. The molecule has 0 aliphatic rings. The number of carbonyl (C=O) groups is 1. The quantitative estimate of drug-likeness (QED) is 0.244. The average Bonchev–Trinajstić information content (AvgIpc) is 2.96. The van der Waals surface area contributed by atoms with Crippen LogP contribution in [0.5, 0.6) is 17.2 Å². The van der Waals surface area contributed by atoms with Crippen molar-refractivity contribution in [3.05, 3.63) is 90.1 Å². The lowest BCUT2D eigenvalue weighted by atomic mass is 10.1. The summed E-state index contributed by atoms with van der Waals surface area (Å²) in [6.45, 7) is 3.19. The zero-order valence-electron chi connectivity index (χ0n) is 22.4. The van der Waals surface area contributed by atoms with Crippen LogP contribution in [-0.2, 0) is 6.54 Å². The second kappa shape index (κ2) is 12.8. The lowest BCUT2D eigenvalue weighted by Crippen LogP contribution is -2.32. The first-order valence-corrected chi connectivity index (χ1v) is 12.8. The van der Waals surface area contributed by atoms with Crippen LogP contribution in [0.3, 0.4) is 0 Å². The van der Waals surface area contributed by atoms with Gasteiger partial charge in [-0.2, -0.15) is 0 Å². The molecule has 7 nitrogen and oxygen atoms in total. The van der Waals surface area contributed by atoms with Gasteiger partial charge in [-0.25, -0.2) is 0 Å². The molecule has 198 valence electrons. The van der Waals surface area contributed by atoms with Gasteiger partial charge in [0.05, 0.1) is 32.5 Å². The molecule has 7 heteroatoms. The minimum Gasteiger partial charge on any atom is -0.497 e. The molecule has 0 saturated carbocycles. The van der Waals surface area contributed by atoms with Crippen molar-refractivity contribution >= 4 is 22.5 Å². The fraction of sp³-hybridized carbons (Fsp3) is 0.290. The maximum absolute atomic E-state index is 13.6. The Morgan fingerprint density at radius 2 is 1.74 bits per heavy atom. The van der Waals surface area contributed by atoms with Crippen LogP contribution in [0.4, 0.5) is 5.69 Å². The van der Waals surface area contributed by atoms with Crippen molar-refractivity contribution < 1.29 is 19.0 Å². The number of methoxy groups -OCH3 is 3. The van der Waals surface area contributed by atoms with Crippen LogP contribution < -0.4 is 19.5 Å². The van der Waals surface area contributed by atoms with Gasteiger partial charge in [0.2, 0.25) is 0 Å². The normalized spacial score (nSPS) is 11.6. The van der Waals surface area contributed by atoms with Crippen molar-refractivity contribution in [1.29, 1.82) is 0 Å². The smallest absolute Gasteiger partial charge is 0.254 e. The molecule has 0 radical (unpaired) electrons. The molecular weight excluding hydrogens is 478 g/mol. The fourth-order valence-corrected chi connectivity index (χ4v) is 4.55. The topological polar surface area (TPSA) is 72.9 Å². The highest BCUT2D eigenvalue weighted by atomic mass is 16.5. The summed E-state index contributed by atoms with van der Waals surface area (Å²) in [6, 6.07) is 23.2. The highest BCUT2D eigenvalue weighted by Gasteiger charge is 2.19. The van der Waals surface area contributed by atoms with Gasteiger partial charge in [0.1, 0.15) is 17.2 Å². The van der Waals surface area contributed by atoms with E-state index < -0.39 is 0 Å². The molecule has 1 amide bonds. The number of para-hydroxylation sites is 1. The number of aromatic nitrogens is 1.